The molecule has 0 aromatic rings. The number of hydrogen-bond acceptors (Lipinski definition) is 0. The average Bonchev–Trinajstić information content (AvgIpc) is 2.06. The van der Waals surface area contributed by atoms with Gasteiger partial charge in [0.05, 0.1) is 0 Å². The minimum absolute atomic E-state index is 1.25. The second-order valence-corrected chi connectivity index (χ2v) is 2.37. The Bertz CT molecular complexity index is 38.0. The van der Waals surface area contributed by atoms with Crippen LogP contribution in [0, 0.1) is 0 Å². The molecule has 0 aliphatic carbocycles. The lowest BCUT2D eigenvalue weighted by Crippen LogP contribution is -1.47. The van der Waals surface area contributed by atoms with E-state index < -0.39 is 0 Å². The maximum absolute atomic E-state index is 2.18. The van der Waals surface area contributed by atoms with Crippen LogP contribution < -0.4 is 0 Å². The van der Waals surface area contributed by atoms with E-state index in [2.05, 4.69) is 27.7 Å². The Morgan fingerprint density at radius 2 is 0.909 bits per heavy atom. The first-order chi connectivity index (χ1) is 5.24. The summed E-state index contributed by atoms with van der Waals surface area (Å²) < 4.78 is 0. The fourth-order valence-electron chi connectivity index (χ4n) is 0. The molecule has 0 amide bonds. The van der Waals surface area contributed by atoms with Crippen LogP contribution in [0.25, 0.3) is 0 Å². The summed E-state index contributed by atoms with van der Waals surface area (Å²) in [6.07, 6.45) is 7.89. The number of allylic oxidation sites excluding steroid dienone is 2. The number of hydrogen-bond donors (Lipinski definition) is 0. The highest BCUT2D eigenvalue weighted by molar-refractivity contribution is 4.68. The van der Waals surface area contributed by atoms with Crippen LogP contribution in [-0.4, -0.2) is 0 Å². The van der Waals surface area contributed by atoms with Gasteiger partial charge in [0.15, 0.2) is 0 Å². The van der Waals surface area contributed by atoms with Crippen molar-refractivity contribution in [2.45, 2.75) is 60.8 Å². The quantitative estimate of drug-likeness (QED) is 0.481. The number of unbranched alkanes of at least 4 members (excludes halogenated alkanes) is 1. The molecule has 0 saturated carbocycles. The second kappa shape index (κ2) is 33.1. The summed E-state index contributed by atoms with van der Waals surface area (Å²) in [4.78, 5) is 0. The van der Waals surface area contributed by atoms with Gasteiger partial charge in [-0.3, -0.25) is 0 Å². The van der Waals surface area contributed by atoms with Crippen molar-refractivity contribution in [2.75, 3.05) is 0 Å². The standard InChI is InChI=1S/C4H10.C4H8.C3H8/c2*1-3-4-2;1-3-2/h3-4H2,1-2H3;3-4H,1-2H3;3H2,1-2H3. The lowest BCUT2D eigenvalue weighted by Gasteiger charge is -1.68. The highest BCUT2D eigenvalue weighted by Crippen LogP contribution is 1.76. The van der Waals surface area contributed by atoms with Crippen LogP contribution in [0.2, 0.25) is 0 Å². The molecular weight excluding hydrogens is 132 g/mol. The Morgan fingerprint density at radius 3 is 0.909 bits per heavy atom. The summed E-state index contributed by atoms with van der Waals surface area (Å²) >= 11 is 0. The lowest BCUT2D eigenvalue weighted by molar-refractivity contribution is 0.886. The SMILES string of the molecule is CC=CC.CCC.CCCC. The number of rotatable bonds is 1. The van der Waals surface area contributed by atoms with E-state index in [1.165, 1.54) is 19.3 Å². The Balaban J connectivity index is -0.0000000886. The third kappa shape index (κ3) is 193. The van der Waals surface area contributed by atoms with Gasteiger partial charge in [-0.15, -0.1) is 0 Å². The van der Waals surface area contributed by atoms with Crippen molar-refractivity contribution in [3.05, 3.63) is 12.2 Å². The van der Waals surface area contributed by atoms with Crippen LogP contribution >= 0.6 is 0 Å². The summed E-state index contributed by atoms with van der Waals surface area (Å²) in [6, 6.07) is 0. The molecular formula is C11H26. The monoisotopic (exact) mass is 158 g/mol. The van der Waals surface area contributed by atoms with Crippen LogP contribution in [0.15, 0.2) is 12.2 Å². The first-order valence-electron chi connectivity index (χ1n) is 4.82. The largest absolute Gasteiger partial charge is 0.0919 e. The van der Waals surface area contributed by atoms with Crippen LogP contribution in [-0.2, 0) is 0 Å². The molecule has 0 rings (SSSR count). The first-order valence-corrected chi connectivity index (χ1v) is 4.82. The molecule has 0 heteroatoms. The summed E-state index contributed by atoms with van der Waals surface area (Å²) in [5, 5.41) is 0. The van der Waals surface area contributed by atoms with Crippen molar-refractivity contribution >= 4 is 0 Å². The van der Waals surface area contributed by atoms with Crippen molar-refractivity contribution in [3.63, 3.8) is 0 Å². The van der Waals surface area contributed by atoms with E-state index in [1.54, 1.807) is 0 Å². The van der Waals surface area contributed by atoms with Gasteiger partial charge in [0.2, 0.25) is 0 Å². The van der Waals surface area contributed by atoms with Crippen LogP contribution in [0.1, 0.15) is 60.8 Å². The first kappa shape index (κ1) is 17.0. The topological polar surface area (TPSA) is 0 Å². The molecule has 0 aromatic carbocycles. The zero-order valence-corrected chi connectivity index (χ0v) is 9.28. The molecule has 0 nitrogen and oxygen atoms in total. The van der Waals surface area contributed by atoms with Gasteiger partial charge in [-0.2, -0.15) is 0 Å². The maximum Gasteiger partial charge on any atom is -0.0470 e. The van der Waals surface area contributed by atoms with Crippen molar-refractivity contribution in [1.29, 1.82) is 0 Å². The third-order valence-electron chi connectivity index (χ3n) is 0.833. The van der Waals surface area contributed by atoms with E-state index >= 15 is 0 Å². The second-order valence-electron chi connectivity index (χ2n) is 2.37. The molecule has 0 N–H and O–H groups in total. The normalized spacial score (nSPS) is 7.82. The van der Waals surface area contributed by atoms with Crippen LogP contribution in [0.3, 0.4) is 0 Å². The smallest absolute Gasteiger partial charge is 0.0470 e. The Hall–Kier alpha value is -0.260. The van der Waals surface area contributed by atoms with Gasteiger partial charge < -0.3 is 0 Å². The fourth-order valence-corrected chi connectivity index (χ4v) is 0. The van der Waals surface area contributed by atoms with Crippen molar-refractivity contribution in [2.24, 2.45) is 0 Å². The summed E-state index contributed by atoms with van der Waals surface area (Å²) in [5.41, 5.74) is 0. The van der Waals surface area contributed by atoms with Crippen molar-refractivity contribution in [3.8, 4) is 0 Å². The van der Waals surface area contributed by atoms with E-state index in [4.69, 9.17) is 0 Å². The van der Waals surface area contributed by atoms with E-state index in [1.807, 2.05) is 26.0 Å². The predicted octanol–water partition coefficient (Wildman–Crippen LogP) is 4.81. The lowest BCUT2D eigenvalue weighted by atomic mass is 10.4. The van der Waals surface area contributed by atoms with Gasteiger partial charge in [-0.25, -0.2) is 0 Å². The zero-order chi connectivity index (χ0) is 9.54. The van der Waals surface area contributed by atoms with E-state index in [0.717, 1.165) is 0 Å². The molecule has 0 bridgehead atoms. The highest BCUT2D eigenvalue weighted by Gasteiger charge is 1.56. The van der Waals surface area contributed by atoms with E-state index in [-0.39, 0.29) is 0 Å². The van der Waals surface area contributed by atoms with Gasteiger partial charge in [0.1, 0.15) is 0 Å². The minimum Gasteiger partial charge on any atom is -0.0919 e. The Morgan fingerprint density at radius 1 is 0.727 bits per heavy atom. The molecule has 11 heavy (non-hydrogen) atoms. The van der Waals surface area contributed by atoms with E-state index in [0.29, 0.717) is 0 Å². The molecule has 0 aromatic heterocycles. The van der Waals surface area contributed by atoms with Gasteiger partial charge in [-0.1, -0.05) is 59.1 Å². The Labute approximate surface area is 73.7 Å². The molecule has 0 unspecified atom stereocenters. The summed E-state index contributed by atoms with van der Waals surface area (Å²) in [5.74, 6) is 0. The summed E-state index contributed by atoms with van der Waals surface area (Å²) in [7, 11) is 0. The molecule has 70 valence electrons. The zero-order valence-electron chi connectivity index (χ0n) is 9.28. The molecule has 0 spiro atoms. The molecule has 0 aliphatic rings. The summed E-state index contributed by atoms with van der Waals surface area (Å²) in [6.45, 7) is 12.6. The van der Waals surface area contributed by atoms with Gasteiger partial charge in [-0.05, 0) is 13.8 Å². The van der Waals surface area contributed by atoms with Crippen molar-refractivity contribution in [1.82, 2.24) is 0 Å². The van der Waals surface area contributed by atoms with Gasteiger partial charge in [0, 0.05) is 0 Å². The molecule has 0 saturated heterocycles. The highest BCUT2D eigenvalue weighted by atomic mass is 13.6. The van der Waals surface area contributed by atoms with Crippen LogP contribution in [0.4, 0.5) is 0 Å². The Kier molecular flexibility index (Phi) is 51.2. The van der Waals surface area contributed by atoms with Crippen LogP contribution in [0.5, 0.6) is 0 Å². The fraction of sp³-hybridized carbons (Fsp3) is 0.818. The molecule has 0 radical (unpaired) electrons. The molecule has 0 aliphatic heterocycles. The third-order valence-corrected chi connectivity index (χ3v) is 0.833. The van der Waals surface area contributed by atoms with E-state index in [9.17, 15) is 0 Å². The predicted molar refractivity (Wildman–Crippen MR) is 57.0 cm³/mol. The van der Waals surface area contributed by atoms with Gasteiger partial charge >= 0.3 is 0 Å². The molecule has 0 atom stereocenters. The van der Waals surface area contributed by atoms with Crippen molar-refractivity contribution < 1.29 is 0 Å². The average molecular weight is 158 g/mol. The minimum atomic E-state index is 1.25. The van der Waals surface area contributed by atoms with Gasteiger partial charge in [0.25, 0.3) is 0 Å². The molecule has 0 fully saturated rings. The maximum atomic E-state index is 2.18. The molecule has 0 heterocycles.